The van der Waals surface area contributed by atoms with Crippen LogP contribution >= 0.6 is 0 Å². The first kappa shape index (κ1) is 12.2. The first-order valence-corrected chi connectivity index (χ1v) is 6.17. The summed E-state index contributed by atoms with van der Waals surface area (Å²) in [4.78, 5) is 24.4. The Kier molecular flexibility index (Phi) is 3.09. The first-order valence-electron chi connectivity index (χ1n) is 6.17. The quantitative estimate of drug-likeness (QED) is 0.846. The minimum atomic E-state index is -0.0223. The summed E-state index contributed by atoms with van der Waals surface area (Å²) in [5.41, 5.74) is 8.39. The van der Waals surface area contributed by atoms with Gasteiger partial charge in [-0.05, 0) is 24.3 Å². The largest absolute Gasteiger partial charge is 0.387 e. The van der Waals surface area contributed by atoms with E-state index in [1.165, 1.54) is 0 Å². The maximum Gasteiger partial charge on any atom is 0.172 e. The normalized spacial score (nSPS) is 14.2. The van der Waals surface area contributed by atoms with Crippen molar-refractivity contribution < 1.29 is 4.79 Å². The number of Topliss-reactive ketones (excluding diaryl/α,β-unsaturated/α-hetero) is 1. The average molecular weight is 264 g/mol. The number of nitrogens with zero attached hydrogens (tertiary/aromatic N) is 3. The van der Waals surface area contributed by atoms with Gasteiger partial charge >= 0.3 is 0 Å². The molecule has 0 amide bonds. The molecule has 0 aliphatic carbocycles. The fraction of sp³-hybridized carbons (Fsp3) is 0.0667. The Morgan fingerprint density at radius 3 is 3.00 bits per heavy atom. The number of pyridine rings is 1. The SMILES string of the molecule is NC1=Nc2ccc(N=Cc3cccnc3)cc2C(=O)C1. The van der Waals surface area contributed by atoms with Gasteiger partial charge in [-0.15, -0.1) is 0 Å². The predicted octanol–water partition coefficient (Wildman–Crippen LogP) is 2.41. The minimum absolute atomic E-state index is 0.0223. The summed E-state index contributed by atoms with van der Waals surface area (Å²) < 4.78 is 0. The second-order valence-electron chi connectivity index (χ2n) is 4.45. The van der Waals surface area contributed by atoms with E-state index >= 15 is 0 Å². The second-order valence-corrected chi connectivity index (χ2v) is 4.45. The van der Waals surface area contributed by atoms with E-state index in [9.17, 15) is 4.79 Å². The zero-order valence-corrected chi connectivity index (χ0v) is 10.7. The Balaban J connectivity index is 1.92. The molecule has 0 radical (unpaired) electrons. The topological polar surface area (TPSA) is 80.7 Å². The number of fused-ring (bicyclic) bond motifs is 1. The van der Waals surface area contributed by atoms with Crippen LogP contribution in [-0.2, 0) is 0 Å². The lowest BCUT2D eigenvalue weighted by Gasteiger charge is -2.11. The van der Waals surface area contributed by atoms with Crippen molar-refractivity contribution in [1.29, 1.82) is 0 Å². The number of amidine groups is 1. The lowest BCUT2D eigenvalue weighted by atomic mass is 10.0. The van der Waals surface area contributed by atoms with Crippen molar-refractivity contribution in [2.45, 2.75) is 6.42 Å². The van der Waals surface area contributed by atoms with Gasteiger partial charge in [0.25, 0.3) is 0 Å². The summed E-state index contributed by atoms with van der Waals surface area (Å²) in [5, 5.41) is 0. The molecule has 1 aromatic heterocycles. The third-order valence-electron chi connectivity index (χ3n) is 2.93. The van der Waals surface area contributed by atoms with Crippen LogP contribution in [-0.4, -0.2) is 22.8 Å². The van der Waals surface area contributed by atoms with E-state index < -0.39 is 0 Å². The molecular weight excluding hydrogens is 252 g/mol. The van der Waals surface area contributed by atoms with Crippen LogP contribution in [0, 0.1) is 0 Å². The highest BCUT2D eigenvalue weighted by atomic mass is 16.1. The van der Waals surface area contributed by atoms with E-state index in [2.05, 4.69) is 15.0 Å². The van der Waals surface area contributed by atoms with Crippen LogP contribution in [0.15, 0.2) is 52.7 Å². The van der Waals surface area contributed by atoms with Crippen LogP contribution in [0.5, 0.6) is 0 Å². The molecule has 2 aromatic rings. The molecule has 1 aromatic carbocycles. The third-order valence-corrected chi connectivity index (χ3v) is 2.93. The standard InChI is InChI=1S/C15H12N4O/c16-15-7-14(20)12-6-11(3-4-13(12)19-15)18-9-10-2-1-5-17-8-10/h1-6,8-9H,7H2,(H2,16,19). The smallest absolute Gasteiger partial charge is 0.172 e. The van der Waals surface area contributed by atoms with Crippen LogP contribution < -0.4 is 5.73 Å². The van der Waals surface area contributed by atoms with Crippen LogP contribution in [0.25, 0.3) is 0 Å². The predicted molar refractivity (Wildman–Crippen MR) is 78.2 cm³/mol. The summed E-state index contributed by atoms with van der Waals surface area (Å²) in [7, 11) is 0. The Morgan fingerprint density at radius 1 is 1.30 bits per heavy atom. The minimum Gasteiger partial charge on any atom is -0.387 e. The molecule has 5 heteroatoms. The fourth-order valence-corrected chi connectivity index (χ4v) is 1.98. The summed E-state index contributed by atoms with van der Waals surface area (Å²) in [6, 6.07) is 9.05. The van der Waals surface area contributed by atoms with Crippen molar-refractivity contribution in [2.24, 2.45) is 15.7 Å². The molecular formula is C15H12N4O. The van der Waals surface area contributed by atoms with Gasteiger partial charge in [0.05, 0.1) is 17.8 Å². The molecule has 1 aliphatic heterocycles. The van der Waals surface area contributed by atoms with E-state index in [1.54, 1.807) is 36.8 Å². The molecule has 2 heterocycles. The van der Waals surface area contributed by atoms with E-state index in [0.717, 1.165) is 5.56 Å². The molecule has 3 rings (SSSR count). The number of carbonyl (C=O) groups is 1. The number of aliphatic imine (C=N–C) groups is 2. The second kappa shape index (κ2) is 5.05. The van der Waals surface area contributed by atoms with Gasteiger partial charge in [0.2, 0.25) is 0 Å². The molecule has 0 bridgehead atoms. The van der Waals surface area contributed by atoms with E-state index in [0.29, 0.717) is 22.8 Å². The van der Waals surface area contributed by atoms with Crippen molar-refractivity contribution >= 4 is 29.2 Å². The molecule has 1 aliphatic rings. The summed E-state index contributed by atoms with van der Waals surface area (Å²) in [6.45, 7) is 0. The van der Waals surface area contributed by atoms with E-state index in [4.69, 9.17) is 5.73 Å². The highest BCUT2D eigenvalue weighted by Crippen LogP contribution is 2.28. The van der Waals surface area contributed by atoms with Gasteiger partial charge in [0.15, 0.2) is 5.78 Å². The molecule has 0 saturated carbocycles. The lowest BCUT2D eigenvalue weighted by Crippen LogP contribution is -2.20. The van der Waals surface area contributed by atoms with Gasteiger partial charge in [0.1, 0.15) is 5.84 Å². The van der Waals surface area contributed by atoms with Gasteiger partial charge in [0, 0.05) is 29.7 Å². The van der Waals surface area contributed by atoms with Crippen molar-refractivity contribution in [3.8, 4) is 0 Å². The molecule has 0 atom stereocenters. The molecule has 0 spiro atoms. The van der Waals surface area contributed by atoms with Crippen molar-refractivity contribution in [2.75, 3.05) is 0 Å². The van der Waals surface area contributed by atoms with Gasteiger partial charge in [-0.3, -0.25) is 14.8 Å². The van der Waals surface area contributed by atoms with Crippen LogP contribution in [0.4, 0.5) is 11.4 Å². The van der Waals surface area contributed by atoms with Crippen LogP contribution in [0.2, 0.25) is 0 Å². The third kappa shape index (κ3) is 2.47. The Hall–Kier alpha value is -2.82. The molecule has 98 valence electrons. The maximum atomic E-state index is 11.9. The average Bonchev–Trinajstić information content (AvgIpc) is 2.46. The molecule has 20 heavy (non-hydrogen) atoms. The number of hydrogen-bond donors (Lipinski definition) is 1. The van der Waals surface area contributed by atoms with Crippen molar-refractivity contribution in [3.63, 3.8) is 0 Å². The number of hydrogen-bond acceptors (Lipinski definition) is 5. The summed E-state index contributed by atoms with van der Waals surface area (Å²) >= 11 is 0. The Labute approximate surface area is 115 Å². The highest BCUT2D eigenvalue weighted by molar-refractivity contribution is 6.15. The number of rotatable bonds is 2. The monoisotopic (exact) mass is 264 g/mol. The van der Waals surface area contributed by atoms with Gasteiger partial charge in [-0.2, -0.15) is 0 Å². The maximum absolute atomic E-state index is 11.9. The number of nitrogens with two attached hydrogens (primary N) is 1. The zero-order valence-electron chi connectivity index (χ0n) is 10.7. The highest BCUT2D eigenvalue weighted by Gasteiger charge is 2.18. The zero-order chi connectivity index (χ0) is 13.9. The van der Waals surface area contributed by atoms with Crippen molar-refractivity contribution in [3.05, 3.63) is 53.9 Å². The van der Waals surface area contributed by atoms with E-state index in [1.807, 2.05) is 12.1 Å². The van der Waals surface area contributed by atoms with Gasteiger partial charge in [-0.25, -0.2) is 4.99 Å². The Bertz CT molecular complexity index is 720. The number of aromatic nitrogens is 1. The molecule has 0 saturated heterocycles. The van der Waals surface area contributed by atoms with Crippen LogP contribution in [0.3, 0.4) is 0 Å². The summed E-state index contributed by atoms with van der Waals surface area (Å²) in [5.74, 6) is 0.333. The molecule has 0 fully saturated rings. The number of benzene rings is 1. The van der Waals surface area contributed by atoms with Crippen LogP contribution in [0.1, 0.15) is 22.3 Å². The summed E-state index contributed by atoms with van der Waals surface area (Å²) in [6.07, 6.45) is 5.30. The number of carbonyl (C=O) groups excluding carboxylic acids is 1. The van der Waals surface area contributed by atoms with Gasteiger partial charge < -0.3 is 5.73 Å². The molecule has 2 N–H and O–H groups in total. The van der Waals surface area contributed by atoms with Crippen molar-refractivity contribution in [1.82, 2.24) is 4.98 Å². The number of ketones is 1. The van der Waals surface area contributed by atoms with Gasteiger partial charge in [-0.1, -0.05) is 6.07 Å². The first-order chi connectivity index (χ1) is 9.72. The Morgan fingerprint density at radius 2 is 2.20 bits per heavy atom. The molecule has 0 unspecified atom stereocenters. The fourth-order valence-electron chi connectivity index (χ4n) is 1.98. The lowest BCUT2D eigenvalue weighted by molar-refractivity contribution is 0.0999. The van der Waals surface area contributed by atoms with E-state index in [-0.39, 0.29) is 12.2 Å². The molecule has 5 nitrogen and oxygen atoms in total.